The largest absolute Gasteiger partial charge is 0.337 e. The zero-order valence-corrected chi connectivity index (χ0v) is 11.4. The Balaban J connectivity index is 2.29. The van der Waals surface area contributed by atoms with Crippen LogP contribution >= 0.6 is 15.9 Å². The highest BCUT2D eigenvalue weighted by molar-refractivity contribution is 9.10. The van der Waals surface area contributed by atoms with Gasteiger partial charge in [0.15, 0.2) is 0 Å². The van der Waals surface area contributed by atoms with Crippen molar-refractivity contribution in [2.24, 2.45) is 5.73 Å². The predicted molar refractivity (Wildman–Crippen MR) is 69.2 cm³/mol. The fourth-order valence-corrected chi connectivity index (χ4v) is 2.13. The first-order valence-corrected chi connectivity index (χ1v) is 6.45. The first-order valence-electron chi connectivity index (χ1n) is 5.66. The normalized spacial score (nSPS) is 12.7. The maximum Gasteiger partial charge on any atom is 0.243 e. The Morgan fingerprint density at radius 2 is 2.28 bits per heavy atom. The predicted octanol–water partition coefficient (Wildman–Crippen LogP) is 3.44. The molecule has 1 atom stereocenters. The van der Waals surface area contributed by atoms with Gasteiger partial charge in [-0.05, 0) is 40.5 Å². The molecule has 0 radical (unpaired) electrons. The minimum atomic E-state index is -0.322. The molecule has 1 heterocycles. The molecule has 0 aliphatic carbocycles. The van der Waals surface area contributed by atoms with Crippen molar-refractivity contribution in [1.82, 2.24) is 10.1 Å². The van der Waals surface area contributed by atoms with Crippen molar-refractivity contribution in [1.29, 1.82) is 0 Å². The first kappa shape index (κ1) is 13.2. The smallest absolute Gasteiger partial charge is 0.243 e. The summed E-state index contributed by atoms with van der Waals surface area (Å²) in [6.07, 6.45) is 1.73. The molecule has 1 aromatic heterocycles. The Bertz CT molecular complexity index is 544. The number of nitrogens with two attached hydrogens (primary N) is 1. The van der Waals surface area contributed by atoms with Crippen LogP contribution in [0, 0.1) is 5.82 Å². The molecule has 0 saturated heterocycles. The molecule has 0 aliphatic rings. The van der Waals surface area contributed by atoms with E-state index >= 15 is 0 Å². The van der Waals surface area contributed by atoms with Crippen molar-refractivity contribution in [3.8, 4) is 11.4 Å². The lowest BCUT2D eigenvalue weighted by Crippen LogP contribution is -2.09. The SMILES string of the molecule is CCC[C@@H](N)c1nc(-c2ccc(F)cc2Br)no1. The molecular formula is C12H13BrFN3O. The van der Waals surface area contributed by atoms with Gasteiger partial charge < -0.3 is 10.3 Å². The van der Waals surface area contributed by atoms with Gasteiger partial charge in [-0.25, -0.2) is 4.39 Å². The number of rotatable bonds is 4. The maximum absolute atomic E-state index is 13.0. The number of nitrogens with zero attached hydrogens (tertiary/aromatic N) is 2. The topological polar surface area (TPSA) is 64.9 Å². The Kier molecular flexibility index (Phi) is 4.08. The summed E-state index contributed by atoms with van der Waals surface area (Å²) < 4.78 is 18.7. The van der Waals surface area contributed by atoms with E-state index in [-0.39, 0.29) is 11.9 Å². The van der Waals surface area contributed by atoms with Gasteiger partial charge in [0, 0.05) is 10.0 Å². The number of hydrogen-bond acceptors (Lipinski definition) is 4. The molecule has 6 heteroatoms. The summed E-state index contributed by atoms with van der Waals surface area (Å²) in [6, 6.07) is 4.05. The molecule has 0 fully saturated rings. The third-order valence-electron chi connectivity index (χ3n) is 2.53. The highest BCUT2D eigenvalue weighted by atomic mass is 79.9. The van der Waals surface area contributed by atoms with Crippen LogP contribution in [-0.4, -0.2) is 10.1 Å². The molecular weight excluding hydrogens is 301 g/mol. The number of benzene rings is 1. The van der Waals surface area contributed by atoms with Crippen LogP contribution in [-0.2, 0) is 0 Å². The number of hydrogen-bond donors (Lipinski definition) is 1. The summed E-state index contributed by atoms with van der Waals surface area (Å²) in [5.41, 5.74) is 6.57. The van der Waals surface area contributed by atoms with Crippen LogP contribution in [0.15, 0.2) is 27.2 Å². The average molecular weight is 314 g/mol. The van der Waals surface area contributed by atoms with Gasteiger partial charge in [-0.15, -0.1) is 0 Å². The fourth-order valence-electron chi connectivity index (χ4n) is 1.60. The standard InChI is InChI=1S/C12H13BrFN3O/c1-2-3-10(15)12-16-11(17-18-12)8-5-4-7(14)6-9(8)13/h4-6,10H,2-3,15H2,1H3/t10-/m1/s1. The second kappa shape index (κ2) is 5.58. The fraction of sp³-hybridized carbons (Fsp3) is 0.333. The van der Waals surface area contributed by atoms with Gasteiger partial charge in [0.1, 0.15) is 5.82 Å². The van der Waals surface area contributed by atoms with Gasteiger partial charge >= 0.3 is 0 Å². The summed E-state index contributed by atoms with van der Waals surface area (Å²) >= 11 is 3.27. The Morgan fingerprint density at radius 1 is 1.50 bits per heavy atom. The van der Waals surface area contributed by atoms with Crippen LogP contribution in [0.4, 0.5) is 4.39 Å². The van der Waals surface area contributed by atoms with Crippen molar-refractivity contribution in [3.63, 3.8) is 0 Å². The second-order valence-electron chi connectivity index (χ2n) is 3.98. The van der Waals surface area contributed by atoms with Crippen molar-refractivity contribution in [2.45, 2.75) is 25.8 Å². The van der Waals surface area contributed by atoms with E-state index < -0.39 is 0 Å². The Labute approximate surface area is 113 Å². The maximum atomic E-state index is 13.0. The van der Waals surface area contributed by atoms with Gasteiger partial charge in [-0.1, -0.05) is 18.5 Å². The summed E-state index contributed by atoms with van der Waals surface area (Å²) in [5, 5.41) is 3.86. The highest BCUT2D eigenvalue weighted by Crippen LogP contribution is 2.27. The number of halogens is 2. The van der Waals surface area contributed by atoms with Crippen LogP contribution in [0.3, 0.4) is 0 Å². The van der Waals surface area contributed by atoms with Gasteiger partial charge in [0.2, 0.25) is 11.7 Å². The second-order valence-corrected chi connectivity index (χ2v) is 4.83. The molecule has 96 valence electrons. The summed E-state index contributed by atoms with van der Waals surface area (Å²) in [6.45, 7) is 2.04. The molecule has 0 spiro atoms. The minimum absolute atomic E-state index is 0.254. The molecule has 2 rings (SSSR count). The van der Waals surface area contributed by atoms with Crippen LogP contribution in [0.25, 0.3) is 11.4 Å². The quantitative estimate of drug-likeness (QED) is 0.939. The van der Waals surface area contributed by atoms with E-state index in [1.165, 1.54) is 12.1 Å². The van der Waals surface area contributed by atoms with Gasteiger partial charge in [0.05, 0.1) is 6.04 Å². The zero-order valence-electron chi connectivity index (χ0n) is 9.86. The minimum Gasteiger partial charge on any atom is -0.337 e. The molecule has 4 nitrogen and oxygen atoms in total. The van der Waals surface area contributed by atoms with E-state index in [9.17, 15) is 4.39 Å². The Morgan fingerprint density at radius 3 is 2.94 bits per heavy atom. The molecule has 2 aromatic rings. The molecule has 18 heavy (non-hydrogen) atoms. The van der Waals surface area contributed by atoms with E-state index in [1.54, 1.807) is 6.07 Å². The molecule has 1 aromatic carbocycles. The lowest BCUT2D eigenvalue weighted by Gasteiger charge is -2.02. The lowest BCUT2D eigenvalue weighted by atomic mass is 10.2. The molecule has 2 N–H and O–H groups in total. The number of aromatic nitrogens is 2. The third-order valence-corrected chi connectivity index (χ3v) is 3.19. The van der Waals surface area contributed by atoms with Crippen molar-refractivity contribution >= 4 is 15.9 Å². The van der Waals surface area contributed by atoms with E-state index in [0.29, 0.717) is 21.8 Å². The van der Waals surface area contributed by atoms with Crippen LogP contribution in [0.5, 0.6) is 0 Å². The van der Waals surface area contributed by atoms with Gasteiger partial charge in [-0.3, -0.25) is 0 Å². The van der Waals surface area contributed by atoms with Crippen LogP contribution in [0.1, 0.15) is 31.7 Å². The zero-order chi connectivity index (χ0) is 13.1. The van der Waals surface area contributed by atoms with Crippen molar-refractivity contribution in [2.75, 3.05) is 0 Å². The summed E-state index contributed by atoms with van der Waals surface area (Å²) in [7, 11) is 0. The molecule has 0 saturated carbocycles. The van der Waals surface area contributed by atoms with Gasteiger partial charge in [0.25, 0.3) is 0 Å². The summed E-state index contributed by atoms with van der Waals surface area (Å²) in [4.78, 5) is 4.23. The van der Waals surface area contributed by atoms with Gasteiger partial charge in [-0.2, -0.15) is 4.98 Å². The summed E-state index contributed by atoms with van der Waals surface area (Å²) in [5.74, 6) is 0.489. The molecule has 0 amide bonds. The van der Waals surface area contributed by atoms with E-state index in [2.05, 4.69) is 26.1 Å². The van der Waals surface area contributed by atoms with Crippen LogP contribution in [0.2, 0.25) is 0 Å². The van der Waals surface area contributed by atoms with Crippen molar-refractivity contribution in [3.05, 3.63) is 34.4 Å². The van der Waals surface area contributed by atoms with E-state index in [0.717, 1.165) is 12.8 Å². The third kappa shape index (κ3) is 2.76. The molecule has 0 bridgehead atoms. The molecule has 0 aliphatic heterocycles. The highest BCUT2D eigenvalue weighted by Gasteiger charge is 2.16. The van der Waals surface area contributed by atoms with E-state index in [4.69, 9.17) is 10.3 Å². The average Bonchev–Trinajstić information content (AvgIpc) is 2.78. The van der Waals surface area contributed by atoms with Crippen molar-refractivity contribution < 1.29 is 8.91 Å². The molecule has 0 unspecified atom stereocenters. The Hall–Kier alpha value is -1.27. The van der Waals surface area contributed by atoms with Crippen LogP contribution < -0.4 is 5.73 Å². The lowest BCUT2D eigenvalue weighted by molar-refractivity contribution is 0.348. The first-order chi connectivity index (χ1) is 8.61. The van der Waals surface area contributed by atoms with E-state index in [1.807, 2.05) is 6.92 Å². The monoisotopic (exact) mass is 313 g/mol.